The minimum atomic E-state index is -0.864. The van der Waals surface area contributed by atoms with Crippen LogP contribution in [0.5, 0.6) is 0 Å². The zero-order valence-corrected chi connectivity index (χ0v) is 20.8. The number of non-ortho nitro benzene ring substituents is 1. The van der Waals surface area contributed by atoms with Gasteiger partial charge in [0.05, 0.1) is 11.0 Å². The molecule has 9 heteroatoms. The van der Waals surface area contributed by atoms with Crippen LogP contribution < -0.4 is 10.2 Å². The summed E-state index contributed by atoms with van der Waals surface area (Å²) in [5.74, 6) is -0.758. The molecule has 1 aliphatic rings. The maximum Gasteiger partial charge on any atom is 0.408 e. The van der Waals surface area contributed by atoms with Gasteiger partial charge in [-0.2, -0.15) is 0 Å². The van der Waals surface area contributed by atoms with E-state index in [0.717, 1.165) is 16.8 Å². The Labute approximate surface area is 205 Å². The third-order valence-electron chi connectivity index (χ3n) is 5.69. The molecule has 0 aliphatic carbocycles. The molecule has 35 heavy (non-hydrogen) atoms. The quantitative estimate of drug-likeness (QED) is 0.331. The number of hydrogen-bond acceptors (Lipinski definition) is 7. The first-order valence-corrected chi connectivity index (χ1v) is 11.7. The fraction of sp³-hybridized carbons (Fsp3) is 0.462. The van der Waals surface area contributed by atoms with Crippen LogP contribution in [0.25, 0.3) is 0 Å². The lowest BCUT2D eigenvalue weighted by Gasteiger charge is -2.29. The number of nitrogens with one attached hydrogen (secondary N) is 1. The number of alkyl carbamates (subject to hydrolysis) is 1. The van der Waals surface area contributed by atoms with Gasteiger partial charge in [0, 0.05) is 24.4 Å². The number of fused-ring (bicyclic) bond motifs is 1. The molecule has 1 heterocycles. The Morgan fingerprint density at radius 3 is 2.46 bits per heavy atom. The second-order valence-corrected chi connectivity index (χ2v) is 10.0. The third-order valence-corrected chi connectivity index (χ3v) is 5.69. The van der Waals surface area contributed by atoms with Crippen molar-refractivity contribution >= 4 is 23.4 Å². The number of carbonyl (C=O) groups is 2. The van der Waals surface area contributed by atoms with Crippen molar-refractivity contribution in [2.75, 3.05) is 11.5 Å². The standard InChI is InChI=1S/C26H33N3O6/c1-17(2)23(27-25(31)35-26(3,4)5)24(30)34-16-21-14-19-13-20(29(32)33)11-12-22(19)28(21)15-18-9-7-6-8-10-18/h6-13,17,21,23H,14-16H2,1-5H3,(H,27,31). The molecule has 188 valence electrons. The van der Waals surface area contributed by atoms with Crippen LogP contribution in [0.3, 0.4) is 0 Å². The summed E-state index contributed by atoms with van der Waals surface area (Å²) in [7, 11) is 0. The molecule has 0 aromatic heterocycles. The van der Waals surface area contributed by atoms with Gasteiger partial charge in [-0.15, -0.1) is 0 Å². The number of hydrogen-bond donors (Lipinski definition) is 1. The molecule has 2 atom stereocenters. The van der Waals surface area contributed by atoms with Gasteiger partial charge in [0.15, 0.2) is 0 Å². The van der Waals surface area contributed by atoms with Crippen molar-refractivity contribution in [3.05, 3.63) is 69.8 Å². The van der Waals surface area contributed by atoms with Crippen LogP contribution in [-0.4, -0.2) is 41.3 Å². The van der Waals surface area contributed by atoms with Gasteiger partial charge in [-0.05, 0) is 50.3 Å². The number of benzene rings is 2. The van der Waals surface area contributed by atoms with Gasteiger partial charge in [0.2, 0.25) is 0 Å². The molecule has 1 amide bonds. The first kappa shape index (κ1) is 26.0. The lowest BCUT2D eigenvalue weighted by atomic mass is 10.0. The molecular weight excluding hydrogens is 450 g/mol. The molecule has 9 nitrogen and oxygen atoms in total. The van der Waals surface area contributed by atoms with Crippen LogP contribution in [-0.2, 0) is 27.2 Å². The number of ether oxygens (including phenoxy) is 2. The summed E-state index contributed by atoms with van der Waals surface area (Å²) in [5.41, 5.74) is 2.13. The van der Waals surface area contributed by atoms with Crippen LogP contribution in [0.15, 0.2) is 48.5 Å². The van der Waals surface area contributed by atoms with E-state index in [1.165, 1.54) is 6.07 Å². The highest BCUT2D eigenvalue weighted by molar-refractivity contribution is 5.81. The van der Waals surface area contributed by atoms with Crippen molar-refractivity contribution in [3.8, 4) is 0 Å². The summed E-state index contributed by atoms with van der Waals surface area (Å²) in [6.45, 7) is 9.52. The molecule has 2 aromatic rings. The maximum absolute atomic E-state index is 12.9. The van der Waals surface area contributed by atoms with E-state index in [0.29, 0.717) is 13.0 Å². The average molecular weight is 484 g/mol. The van der Waals surface area contributed by atoms with Gasteiger partial charge < -0.3 is 19.7 Å². The van der Waals surface area contributed by atoms with E-state index in [2.05, 4.69) is 10.2 Å². The van der Waals surface area contributed by atoms with E-state index < -0.39 is 28.6 Å². The first-order chi connectivity index (χ1) is 16.4. The minimum absolute atomic E-state index is 0.0301. The molecular formula is C26H33N3O6. The van der Waals surface area contributed by atoms with Crippen molar-refractivity contribution < 1.29 is 24.0 Å². The van der Waals surface area contributed by atoms with Crippen LogP contribution in [0, 0.1) is 16.0 Å². The Kier molecular flexibility index (Phi) is 7.99. The van der Waals surface area contributed by atoms with Gasteiger partial charge in [-0.25, -0.2) is 9.59 Å². The van der Waals surface area contributed by atoms with E-state index in [1.807, 2.05) is 44.2 Å². The zero-order chi connectivity index (χ0) is 25.8. The SMILES string of the molecule is CC(C)C(NC(=O)OC(C)(C)C)C(=O)OCC1Cc2cc([N+](=O)[O-])ccc2N1Cc1ccccc1. The number of nitro groups is 1. The number of nitrogens with zero attached hydrogens (tertiary/aromatic N) is 2. The first-order valence-electron chi connectivity index (χ1n) is 11.7. The molecule has 0 saturated carbocycles. The third kappa shape index (κ3) is 6.94. The molecule has 0 radical (unpaired) electrons. The fourth-order valence-corrected chi connectivity index (χ4v) is 4.03. The lowest BCUT2D eigenvalue weighted by molar-refractivity contribution is -0.384. The van der Waals surface area contributed by atoms with E-state index in [1.54, 1.807) is 32.9 Å². The Hall–Kier alpha value is -3.62. The van der Waals surface area contributed by atoms with Crippen LogP contribution in [0.2, 0.25) is 0 Å². The van der Waals surface area contributed by atoms with E-state index >= 15 is 0 Å². The van der Waals surface area contributed by atoms with Gasteiger partial charge in [-0.1, -0.05) is 44.2 Å². The van der Waals surface area contributed by atoms with Crippen LogP contribution in [0.1, 0.15) is 45.7 Å². The van der Waals surface area contributed by atoms with Gasteiger partial charge in [0.25, 0.3) is 5.69 Å². The second kappa shape index (κ2) is 10.8. The number of nitro benzene ring substituents is 1. The minimum Gasteiger partial charge on any atom is -0.462 e. The Balaban J connectivity index is 1.74. The summed E-state index contributed by atoms with van der Waals surface area (Å²) in [6, 6.07) is 13.6. The highest BCUT2D eigenvalue weighted by Gasteiger charge is 2.34. The largest absolute Gasteiger partial charge is 0.462 e. The molecule has 3 rings (SSSR count). The number of rotatable bonds is 8. The summed E-state index contributed by atoms with van der Waals surface area (Å²) < 4.78 is 11.0. The van der Waals surface area contributed by atoms with Crippen molar-refractivity contribution in [1.29, 1.82) is 0 Å². The number of esters is 1. The number of amides is 1. The monoisotopic (exact) mass is 483 g/mol. The maximum atomic E-state index is 12.9. The highest BCUT2D eigenvalue weighted by atomic mass is 16.6. The van der Waals surface area contributed by atoms with Gasteiger partial charge in [-0.3, -0.25) is 10.1 Å². The molecule has 0 fully saturated rings. The summed E-state index contributed by atoms with van der Waals surface area (Å²) in [4.78, 5) is 38.1. The van der Waals surface area contributed by atoms with Crippen LogP contribution >= 0.6 is 0 Å². The van der Waals surface area contributed by atoms with Crippen molar-refractivity contribution in [3.63, 3.8) is 0 Å². The summed E-state index contributed by atoms with van der Waals surface area (Å²) in [5, 5.41) is 13.9. The highest BCUT2D eigenvalue weighted by Crippen LogP contribution is 2.36. The second-order valence-electron chi connectivity index (χ2n) is 10.0. The fourth-order valence-electron chi connectivity index (χ4n) is 4.03. The average Bonchev–Trinajstić information content (AvgIpc) is 3.11. The molecule has 2 aromatic carbocycles. The van der Waals surface area contributed by atoms with Crippen molar-refractivity contribution in [1.82, 2.24) is 5.32 Å². The van der Waals surface area contributed by atoms with Crippen LogP contribution in [0.4, 0.5) is 16.2 Å². The van der Waals surface area contributed by atoms with Gasteiger partial charge >= 0.3 is 12.1 Å². The normalized spacial score (nSPS) is 15.9. The Bertz CT molecular complexity index is 1060. The predicted octanol–water partition coefficient (Wildman–Crippen LogP) is 4.62. The Morgan fingerprint density at radius 1 is 1.17 bits per heavy atom. The molecule has 0 spiro atoms. The van der Waals surface area contributed by atoms with Gasteiger partial charge in [0.1, 0.15) is 18.2 Å². The summed E-state index contributed by atoms with van der Waals surface area (Å²) >= 11 is 0. The van der Waals surface area contributed by atoms with E-state index in [9.17, 15) is 19.7 Å². The smallest absolute Gasteiger partial charge is 0.408 e. The molecule has 1 aliphatic heterocycles. The molecule has 2 unspecified atom stereocenters. The van der Waals surface area contributed by atoms with Crippen molar-refractivity contribution in [2.24, 2.45) is 5.92 Å². The zero-order valence-electron chi connectivity index (χ0n) is 20.8. The number of anilines is 1. The summed E-state index contributed by atoms with van der Waals surface area (Å²) in [6.07, 6.45) is -0.178. The van der Waals surface area contributed by atoms with E-state index in [4.69, 9.17) is 9.47 Å². The van der Waals surface area contributed by atoms with Crippen molar-refractivity contribution in [2.45, 2.75) is 65.3 Å². The molecule has 0 saturated heterocycles. The van der Waals surface area contributed by atoms with E-state index in [-0.39, 0.29) is 24.3 Å². The number of carbonyl (C=O) groups excluding carboxylic acids is 2. The Morgan fingerprint density at radius 2 is 1.86 bits per heavy atom. The lowest BCUT2D eigenvalue weighted by Crippen LogP contribution is -2.48. The predicted molar refractivity (Wildman–Crippen MR) is 132 cm³/mol. The topological polar surface area (TPSA) is 111 Å². The molecule has 0 bridgehead atoms. The molecule has 1 N–H and O–H groups in total.